The molecule has 0 unspecified atom stereocenters. The Balaban J connectivity index is 1.93. The quantitative estimate of drug-likeness (QED) is 0.848. The van der Waals surface area contributed by atoms with E-state index in [1.807, 2.05) is 23.9 Å². The SMILES string of the molecule is CCc1nn(C)c(CN2CCCOc3ccccc32)c1Br. The lowest BCUT2D eigenvalue weighted by Gasteiger charge is -2.24. The van der Waals surface area contributed by atoms with Crippen LogP contribution in [0.2, 0.25) is 0 Å². The van der Waals surface area contributed by atoms with Crippen molar-refractivity contribution < 1.29 is 4.74 Å². The lowest BCUT2D eigenvalue weighted by Crippen LogP contribution is -2.24. The van der Waals surface area contributed by atoms with Crippen LogP contribution in [-0.4, -0.2) is 22.9 Å². The fourth-order valence-electron chi connectivity index (χ4n) is 2.74. The molecule has 112 valence electrons. The number of aryl methyl sites for hydroxylation is 2. The smallest absolute Gasteiger partial charge is 0.142 e. The van der Waals surface area contributed by atoms with Gasteiger partial charge < -0.3 is 9.64 Å². The third kappa shape index (κ3) is 2.79. The highest BCUT2D eigenvalue weighted by Gasteiger charge is 2.20. The van der Waals surface area contributed by atoms with Crippen molar-refractivity contribution in [3.63, 3.8) is 0 Å². The average molecular weight is 350 g/mol. The molecule has 0 saturated carbocycles. The molecule has 0 fully saturated rings. The summed E-state index contributed by atoms with van der Waals surface area (Å²) in [4.78, 5) is 2.38. The molecule has 1 aromatic heterocycles. The molecule has 0 radical (unpaired) electrons. The number of ether oxygens (including phenoxy) is 1. The molecule has 2 aromatic rings. The first-order valence-corrected chi connectivity index (χ1v) is 8.17. The Morgan fingerprint density at radius 1 is 1.33 bits per heavy atom. The molecule has 0 saturated heterocycles. The van der Waals surface area contributed by atoms with E-state index in [1.54, 1.807) is 0 Å². The van der Waals surface area contributed by atoms with Gasteiger partial charge in [0.25, 0.3) is 0 Å². The number of nitrogens with zero attached hydrogens (tertiary/aromatic N) is 3. The second-order valence-electron chi connectivity index (χ2n) is 5.28. The topological polar surface area (TPSA) is 30.3 Å². The van der Waals surface area contributed by atoms with E-state index >= 15 is 0 Å². The number of rotatable bonds is 3. The Bertz CT molecular complexity index is 638. The predicted octanol–water partition coefficient (Wildman–Crippen LogP) is 3.53. The molecule has 0 amide bonds. The Morgan fingerprint density at radius 2 is 2.14 bits per heavy atom. The zero-order valence-corrected chi connectivity index (χ0v) is 14.1. The molecule has 5 heteroatoms. The Morgan fingerprint density at radius 3 is 2.90 bits per heavy atom. The van der Waals surface area contributed by atoms with Gasteiger partial charge in [0.15, 0.2) is 0 Å². The summed E-state index contributed by atoms with van der Waals surface area (Å²) in [5.74, 6) is 0.976. The number of para-hydroxylation sites is 2. The second-order valence-corrected chi connectivity index (χ2v) is 6.07. The fraction of sp³-hybridized carbons (Fsp3) is 0.438. The first-order valence-electron chi connectivity index (χ1n) is 7.37. The zero-order chi connectivity index (χ0) is 14.8. The van der Waals surface area contributed by atoms with Crippen LogP contribution < -0.4 is 9.64 Å². The second kappa shape index (κ2) is 6.10. The Kier molecular flexibility index (Phi) is 4.19. The number of fused-ring (bicyclic) bond motifs is 1. The molecule has 1 aliphatic rings. The molecule has 0 bridgehead atoms. The van der Waals surface area contributed by atoms with E-state index in [4.69, 9.17) is 4.74 Å². The van der Waals surface area contributed by atoms with Crippen LogP contribution in [-0.2, 0) is 20.0 Å². The molecule has 3 rings (SSSR count). The zero-order valence-electron chi connectivity index (χ0n) is 12.5. The standard InChI is InChI=1S/C16H20BrN3O/c1-3-12-16(17)14(19(2)18-12)11-20-9-6-10-21-15-8-5-4-7-13(15)20/h4-5,7-8H,3,6,9-11H2,1-2H3. The number of hydrogen-bond donors (Lipinski definition) is 0. The first kappa shape index (κ1) is 14.4. The van der Waals surface area contributed by atoms with Gasteiger partial charge in [-0.15, -0.1) is 0 Å². The van der Waals surface area contributed by atoms with Crippen LogP contribution in [0.15, 0.2) is 28.7 Å². The molecular formula is C16H20BrN3O. The number of aromatic nitrogens is 2. The molecule has 1 aromatic carbocycles. The Hall–Kier alpha value is -1.49. The maximum absolute atomic E-state index is 5.83. The molecule has 2 heterocycles. The summed E-state index contributed by atoms with van der Waals surface area (Å²) in [6, 6.07) is 8.27. The van der Waals surface area contributed by atoms with Gasteiger partial charge in [-0.3, -0.25) is 4.68 Å². The highest BCUT2D eigenvalue weighted by Crippen LogP contribution is 2.33. The van der Waals surface area contributed by atoms with Crippen LogP contribution in [0.25, 0.3) is 0 Å². The van der Waals surface area contributed by atoms with Crippen LogP contribution in [0.3, 0.4) is 0 Å². The van der Waals surface area contributed by atoms with Gasteiger partial charge in [0.1, 0.15) is 5.75 Å². The summed E-state index contributed by atoms with van der Waals surface area (Å²) in [7, 11) is 2.01. The van der Waals surface area contributed by atoms with Crippen molar-refractivity contribution in [3.05, 3.63) is 40.1 Å². The van der Waals surface area contributed by atoms with E-state index in [0.29, 0.717) is 0 Å². The number of anilines is 1. The van der Waals surface area contributed by atoms with Crippen molar-refractivity contribution >= 4 is 21.6 Å². The minimum absolute atomic E-state index is 0.778. The maximum Gasteiger partial charge on any atom is 0.142 e. The maximum atomic E-state index is 5.83. The van der Waals surface area contributed by atoms with E-state index in [1.165, 1.54) is 11.4 Å². The van der Waals surface area contributed by atoms with Crippen LogP contribution in [0.4, 0.5) is 5.69 Å². The minimum Gasteiger partial charge on any atom is -0.491 e. The number of benzene rings is 1. The molecular weight excluding hydrogens is 330 g/mol. The molecule has 0 aliphatic carbocycles. The summed E-state index contributed by atoms with van der Waals surface area (Å²) in [5.41, 5.74) is 3.50. The predicted molar refractivity (Wildman–Crippen MR) is 87.9 cm³/mol. The highest BCUT2D eigenvalue weighted by molar-refractivity contribution is 9.10. The van der Waals surface area contributed by atoms with E-state index < -0.39 is 0 Å². The van der Waals surface area contributed by atoms with Crippen molar-refractivity contribution in [1.82, 2.24) is 9.78 Å². The largest absolute Gasteiger partial charge is 0.491 e. The summed E-state index contributed by atoms with van der Waals surface area (Å²) in [6.07, 6.45) is 1.97. The summed E-state index contributed by atoms with van der Waals surface area (Å²) in [5, 5.41) is 4.59. The third-order valence-electron chi connectivity index (χ3n) is 3.88. The van der Waals surface area contributed by atoms with Crippen LogP contribution in [0.1, 0.15) is 24.7 Å². The van der Waals surface area contributed by atoms with Crippen LogP contribution in [0, 0.1) is 0 Å². The van der Waals surface area contributed by atoms with Crippen LogP contribution >= 0.6 is 15.9 Å². The summed E-state index contributed by atoms with van der Waals surface area (Å²) in [6.45, 7) is 4.74. The molecule has 0 atom stereocenters. The van der Waals surface area contributed by atoms with Gasteiger partial charge in [-0.1, -0.05) is 19.1 Å². The summed E-state index contributed by atoms with van der Waals surface area (Å²) < 4.78 is 8.95. The van der Waals surface area contributed by atoms with Crippen molar-refractivity contribution in [2.45, 2.75) is 26.3 Å². The molecule has 0 spiro atoms. The number of halogens is 1. The van der Waals surface area contributed by atoms with Gasteiger partial charge in [-0.05, 0) is 40.9 Å². The van der Waals surface area contributed by atoms with E-state index in [0.717, 1.165) is 48.5 Å². The van der Waals surface area contributed by atoms with Gasteiger partial charge in [0.05, 0.1) is 34.7 Å². The molecule has 4 nitrogen and oxygen atoms in total. The van der Waals surface area contributed by atoms with Gasteiger partial charge in [-0.25, -0.2) is 0 Å². The summed E-state index contributed by atoms with van der Waals surface area (Å²) >= 11 is 3.71. The lowest BCUT2D eigenvalue weighted by atomic mass is 10.2. The Labute approximate surface area is 133 Å². The lowest BCUT2D eigenvalue weighted by molar-refractivity contribution is 0.322. The fourth-order valence-corrected chi connectivity index (χ4v) is 3.48. The third-order valence-corrected chi connectivity index (χ3v) is 4.79. The van der Waals surface area contributed by atoms with Crippen LogP contribution in [0.5, 0.6) is 5.75 Å². The normalized spacial score (nSPS) is 14.5. The molecule has 1 aliphatic heterocycles. The van der Waals surface area contributed by atoms with Crippen molar-refractivity contribution in [1.29, 1.82) is 0 Å². The van der Waals surface area contributed by atoms with Gasteiger partial charge in [0.2, 0.25) is 0 Å². The average Bonchev–Trinajstić information content (AvgIpc) is 2.67. The van der Waals surface area contributed by atoms with E-state index in [-0.39, 0.29) is 0 Å². The highest BCUT2D eigenvalue weighted by atomic mass is 79.9. The minimum atomic E-state index is 0.778. The van der Waals surface area contributed by atoms with Gasteiger partial charge in [-0.2, -0.15) is 5.10 Å². The molecule has 21 heavy (non-hydrogen) atoms. The van der Waals surface area contributed by atoms with Crippen molar-refractivity contribution in [2.24, 2.45) is 7.05 Å². The first-order chi connectivity index (χ1) is 10.2. The van der Waals surface area contributed by atoms with Crippen molar-refractivity contribution in [3.8, 4) is 5.75 Å². The molecule has 0 N–H and O–H groups in total. The van der Waals surface area contributed by atoms with Gasteiger partial charge in [0, 0.05) is 13.6 Å². The van der Waals surface area contributed by atoms with E-state index in [9.17, 15) is 0 Å². The van der Waals surface area contributed by atoms with E-state index in [2.05, 4.69) is 45.0 Å². The van der Waals surface area contributed by atoms with Gasteiger partial charge >= 0.3 is 0 Å². The van der Waals surface area contributed by atoms with Crippen molar-refractivity contribution in [2.75, 3.05) is 18.1 Å². The monoisotopic (exact) mass is 349 g/mol. The number of hydrogen-bond acceptors (Lipinski definition) is 3.